The Morgan fingerprint density at radius 3 is 2.43 bits per heavy atom. The number of ether oxygens (including phenoxy) is 1. The van der Waals surface area contributed by atoms with Crippen LogP contribution in [0.3, 0.4) is 0 Å². The van der Waals surface area contributed by atoms with Crippen molar-refractivity contribution >= 4 is 6.29 Å². The van der Waals surface area contributed by atoms with Crippen LogP contribution in [0, 0.1) is 6.92 Å². The van der Waals surface area contributed by atoms with E-state index in [-0.39, 0.29) is 5.41 Å². The zero-order valence-corrected chi connectivity index (χ0v) is 12.9. The van der Waals surface area contributed by atoms with Gasteiger partial charge in [-0.2, -0.15) is 0 Å². The Bertz CT molecular complexity index is 600. The van der Waals surface area contributed by atoms with Gasteiger partial charge >= 0.3 is 0 Å². The standard InChI is InChI=1S/C19H22O2/c1-15-13-17(19(2,3)11-12-20)9-10-18(15)21-14-16-7-5-4-6-8-16/h4-10,12-13H,11,14H2,1-3H3. The lowest BCUT2D eigenvalue weighted by Gasteiger charge is -2.23. The van der Waals surface area contributed by atoms with Crippen LogP contribution in [0.4, 0.5) is 0 Å². The smallest absolute Gasteiger partial charge is 0.122 e. The van der Waals surface area contributed by atoms with Crippen LogP contribution in [-0.2, 0) is 16.8 Å². The Balaban J connectivity index is 2.11. The number of carbonyl (C=O) groups excluding carboxylic acids is 1. The molecule has 0 aliphatic heterocycles. The second kappa shape index (κ2) is 6.57. The summed E-state index contributed by atoms with van der Waals surface area (Å²) in [7, 11) is 0. The molecule has 0 N–H and O–H groups in total. The fourth-order valence-electron chi connectivity index (χ4n) is 2.29. The van der Waals surface area contributed by atoms with E-state index in [0.29, 0.717) is 13.0 Å². The molecule has 0 aliphatic carbocycles. The number of aryl methyl sites for hydroxylation is 1. The molecule has 2 aromatic carbocycles. The minimum Gasteiger partial charge on any atom is -0.489 e. The van der Waals surface area contributed by atoms with Crippen LogP contribution in [0.5, 0.6) is 5.75 Å². The SMILES string of the molecule is Cc1cc(C(C)(C)CC=O)ccc1OCc1ccccc1. The normalized spacial score (nSPS) is 11.2. The van der Waals surface area contributed by atoms with Gasteiger partial charge in [0.05, 0.1) is 0 Å². The molecule has 110 valence electrons. The van der Waals surface area contributed by atoms with Gasteiger partial charge in [-0.25, -0.2) is 0 Å². The molecule has 21 heavy (non-hydrogen) atoms. The number of rotatable bonds is 6. The van der Waals surface area contributed by atoms with Crippen molar-refractivity contribution in [3.63, 3.8) is 0 Å². The van der Waals surface area contributed by atoms with Gasteiger partial charge in [0.2, 0.25) is 0 Å². The third-order valence-electron chi connectivity index (χ3n) is 3.79. The predicted octanol–water partition coefficient (Wildman–Crippen LogP) is 4.44. The third-order valence-corrected chi connectivity index (χ3v) is 3.79. The monoisotopic (exact) mass is 282 g/mol. The van der Waals surface area contributed by atoms with Gasteiger partial charge in [0.15, 0.2) is 0 Å². The largest absolute Gasteiger partial charge is 0.489 e. The van der Waals surface area contributed by atoms with Crippen LogP contribution in [0.1, 0.15) is 37.0 Å². The first kappa shape index (κ1) is 15.3. The Morgan fingerprint density at radius 2 is 1.81 bits per heavy atom. The first-order valence-electron chi connectivity index (χ1n) is 7.24. The van der Waals surface area contributed by atoms with Gasteiger partial charge in [-0.1, -0.05) is 56.3 Å². The summed E-state index contributed by atoms with van der Waals surface area (Å²) in [5, 5.41) is 0. The maximum absolute atomic E-state index is 10.8. The highest BCUT2D eigenvalue weighted by atomic mass is 16.5. The molecular formula is C19H22O2. The number of aldehydes is 1. The maximum Gasteiger partial charge on any atom is 0.122 e. The minimum absolute atomic E-state index is 0.134. The van der Waals surface area contributed by atoms with Gasteiger partial charge in [0.1, 0.15) is 18.6 Å². The van der Waals surface area contributed by atoms with Crippen LogP contribution in [-0.4, -0.2) is 6.29 Å². The molecule has 0 saturated carbocycles. The highest BCUT2D eigenvalue weighted by molar-refractivity contribution is 5.53. The Kier molecular flexibility index (Phi) is 4.79. The van der Waals surface area contributed by atoms with Crippen LogP contribution in [0.25, 0.3) is 0 Å². The van der Waals surface area contributed by atoms with Crippen molar-refractivity contribution in [1.82, 2.24) is 0 Å². The van der Waals surface area contributed by atoms with E-state index in [2.05, 4.69) is 38.1 Å². The molecular weight excluding hydrogens is 260 g/mol. The first-order chi connectivity index (χ1) is 10.0. The second-order valence-electron chi connectivity index (χ2n) is 6.01. The summed E-state index contributed by atoms with van der Waals surface area (Å²) < 4.78 is 5.88. The summed E-state index contributed by atoms with van der Waals surface area (Å²) >= 11 is 0. The molecule has 0 aromatic heterocycles. The molecule has 0 fully saturated rings. The van der Waals surface area contributed by atoms with Crippen LogP contribution in [0.15, 0.2) is 48.5 Å². The molecule has 0 amide bonds. The van der Waals surface area contributed by atoms with E-state index < -0.39 is 0 Å². The molecule has 0 aliphatic rings. The maximum atomic E-state index is 10.8. The fourth-order valence-corrected chi connectivity index (χ4v) is 2.29. The van der Waals surface area contributed by atoms with E-state index in [1.54, 1.807) is 0 Å². The molecule has 0 spiro atoms. The lowest BCUT2D eigenvalue weighted by molar-refractivity contribution is -0.108. The molecule has 0 heterocycles. The van der Waals surface area contributed by atoms with Gasteiger partial charge in [-0.15, -0.1) is 0 Å². The molecule has 2 rings (SSSR count). The summed E-state index contributed by atoms with van der Waals surface area (Å²) in [6.07, 6.45) is 1.51. The molecule has 0 radical (unpaired) electrons. The third kappa shape index (κ3) is 3.94. The Morgan fingerprint density at radius 1 is 1.10 bits per heavy atom. The molecule has 0 saturated heterocycles. The second-order valence-corrected chi connectivity index (χ2v) is 6.01. The molecule has 0 bridgehead atoms. The highest BCUT2D eigenvalue weighted by Crippen LogP contribution is 2.30. The van der Waals surface area contributed by atoms with E-state index in [1.165, 1.54) is 5.56 Å². The van der Waals surface area contributed by atoms with Gasteiger partial charge in [-0.3, -0.25) is 0 Å². The van der Waals surface area contributed by atoms with Crippen molar-refractivity contribution in [1.29, 1.82) is 0 Å². The Labute approximate surface area is 126 Å². The summed E-state index contributed by atoms with van der Waals surface area (Å²) in [6.45, 7) is 6.78. The number of hydrogen-bond donors (Lipinski definition) is 0. The van der Waals surface area contributed by atoms with Gasteiger partial charge in [0.25, 0.3) is 0 Å². The van der Waals surface area contributed by atoms with E-state index in [4.69, 9.17) is 4.74 Å². The average Bonchev–Trinajstić information content (AvgIpc) is 2.47. The van der Waals surface area contributed by atoms with Crippen LogP contribution in [0.2, 0.25) is 0 Å². The molecule has 0 atom stereocenters. The van der Waals surface area contributed by atoms with E-state index in [9.17, 15) is 4.79 Å². The zero-order chi connectivity index (χ0) is 15.3. The van der Waals surface area contributed by atoms with E-state index in [1.807, 2.05) is 31.2 Å². The van der Waals surface area contributed by atoms with Crippen molar-refractivity contribution in [3.05, 3.63) is 65.2 Å². The van der Waals surface area contributed by atoms with Crippen molar-refractivity contribution < 1.29 is 9.53 Å². The predicted molar refractivity (Wildman–Crippen MR) is 85.7 cm³/mol. The van der Waals surface area contributed by atoms with Crippen molar-refractivity contribution in [2.24, 2.45) is 0 Å². The fraction of sp³-hybridized carbons (Fsp3) is 0.316. The summed E-state index contributed by atoms with van der Waals surface area (Å²) in [5.41, 5.74) is 3.29. The van der Waals surface area contributed by atoms with Crippen molar-refractivity contribution in [2.75, 3.05) is 0 Å². The number of hydrogen-bond acceptors (Lipinski definition) is 2. The highest BCUT2D eigenvalue weighted by Gasteiger charge is 2.20. The zero-order valence-electron chi connectivity index (χ0n) is 12.9. The minimum atomic E-state index is -0.134. The molecule has 2 aromatic rings. The summed E-state index contributed by atoms with van der Waals surface area (Å²) in [4.78, 5) is 10.8. The van der Waals surface area contributed by atoms with E-state index >= 15 is 0 Å². The topological polar surface area (TPSA) is 26.3 Å². The lowest BCUT2D eigenvalue weighted by atomic mass is 9.81. The van der Waals surface area contributed by atoms with Gasteiger partial charge in [-0.05, 0) is 35.1 Å². The number of benzene rings is 2. The van der Waals surface area contributed by atoms with Crippen molar-refractivity contribution in [2.45, 2.75) is 39.2 Å². The quantitative estimate of drug-likeness (QED) is 0.732. The van der Waals surface area contributed by atoms with Crippen molar-refractivity contribution in [3.8, 4) is 5.75 Å². The summed E-state index contributed by atoms with van der Waals surface area (Å²) in [5.74, 6) is 0.893. The molecule has 2 nitrogen and oxygen atoms in total. The lowest BCUT2D eigenvalue weighted by Crippen LogP contribution is -2.17. The van der Waals surface area contributed by atoms with Crippen LogP contribution < -0.4 is 4.74 Å². The average molecular weight is 282 g/mol. The molecule has 2 heteroatoms. The Hall–Kier alpha value is -2.09. The molecule has 0 unspecified atom stereocenters. The first-order valence-corrected chi connectivity index (χ1v) is 7.24. The number of carbonyl (C=O) groups is 1. The van der Waals surface area contributed by atoms with E-state index in [0.717, 1.165) is 23.2 Å². The van der Waals surface area contributed by atoms with Crippen LogP contribution >= 0.6 is 0 Å². The van der Waals surface area contributed by atoms with Gasteiger partial charge < -0.3 is 9.53 Å². The van der Waals surface area contributed by atoms with Gasteiger partial charge in [0, 0.05) is 6.42 Å². The summed E-state index contributed by atoms with van der Waals surface area (Å²) in [6, 6.07) is 16.3.